The maximum Gasteiger partial charge on any atom is 0.273 e. The summed E-state index contributed by atoms with van der Waals surface area (Å²) in [5.41, 5.74) is 1.15. The van der Waals surface area contributed by atoms with Gasteiger partial charge in [-0.2, -0.15) is 0 Å². The van der Waals surface area contributed by atoms with Crippen LogP contribution in [0.1, 0.15) is 23.3 Å². The molecule has 2 rings (SSSR count). The highest BCUT2D eigenvalue weighted by Gasteiger charge is 2.13. The van der Waals surface area contributed by atoms with Crippen molar-refractivity contribution in [3.05, 3.63) is 36.0 Å². The van der Waals surface area contributed by atoms with Crippen LogP contribution in [0.5, 0.6) is 5.75 Å². The Kier molecular flexibility index (Phi) is 6.17. The Morgan fingerprint density at radius 2 is 2.00 bits per heavy atom. The zero-order valence-corrected chi connectivity index (χ0v) is 13.8. The molecule has 1 heterocycles. The van der Waals surface area contributed by atoms with Crippen LogP contribution in [0, 0.1) is 0 Å². The molecule has 0 spiro atoms. The Morgan fingerprint density at radius 1 is 1.26 bits per heavy atom. The van der Waals surface area contributed by atoms with Gasteiger partial charge < -0.3 is 19.5 Å². The molecule has 1 aromatic heterocycles. The Balaban J connectivity index is 1.86. The maximum atomic E-state index is 12.0. The summed E-state index contributed by atoms with van der Waals surface area (Å²) < 4.78 is 10.4. The first-order chi connectivity index (χ1) is 11.1. The summed E-state index contributed by atoms with van der Waals surface area (Å²) in [5, 5.41) is 6.69. The summed E-state index contributed by atoms with van der Waals surface area (Å²) >= 11 is 0. The maximum absolute atomic E-state index is 12.0. The topological polar surface area (TPSA) is 67.6 Å². The van der Waals surface area contributed by atoms with Gasteiger partial charge in [0, 0.05) is 18.2 Å². The molecule has 0 saturated carbocycles. The van der Waals surface area contributed by atoms with Gasteiger partial charge in [0.25, 0.3) is 5.91 Å². The van der Waals surface area contributed by atoms with Gasteiger partial charge in [0.15, 0.2) is 11.5 Å². The van der Waals surface area contributed by atoms with Gasteiger partial charge in [0.05, 0.1) is 7.11 Å². The minimum atomic E-state index is -0.210. The van der Waals surface area contributed by atoms with Crippen molar-refractivity contribution in [2.75, 3.05) is 34.3 Å². The zero-order chi connectivity index (χ0) is 16.7. The van der Waals surface area contributed by atoms with Crippen molar-refractivity contribution in [3.8, 4) is 17.1 Å². The van der Waals surface area contributed by atoms with Crippen LogP contribution in [-0.2, 0) is 0 Å². The number of methoxy groups -OCH3 is 1. The van der Waals surface area contributed by atoms with E-state index in [1.165, 1.54) is 0 Å². The van der Waals surface area contributed by atoms with E-state index in [2.05, 4.69) is 15.4 Å². The summed E-state index contributed by atoms with van der Waals surface area (Å²) in [4.78, 5) is 14.1. The fourth-order valence-corrected chi connectivity index (χ4v) is 2.12. The number of carbonyl (C=O) groups excluding carboxylic acids is 1. The van der Waals surface area contributed by atoms with Gasteiger partial charge in [-0.25, -0.2) is 0 Å². The molecule has 23 heavy (non-hydrogen) atoms. The number of unbranched alkanes of at least 4 members (excludes halogenated alkanes) is 1. The lowest BCUT2D eigenvalue weighted by Gasteiger charge is -2.08. The molecule has 0 atom stereocenters. The van der Waals surface area contributed by atoms with Gasteiger partial charge in [0.2, 0.25) is 0 Å². The molecule has 0 saturated heterocycles. The molecule has 2 aromatic rings. The molecule has 0 aliphatic rings. The quantitative estimate of drug-likeness (QED) is 0.757. The Morgan fingerprint density at radius 3 is 2.65 bits per heavy atom. The largest absolute Gasteiger partial charge is 0.497 e. The highest BCUT2D eigenvalue weighted by atomic mass is 16.5. The van der Waals surface area contributed by atoms with Gasteiger partial charge in [-0.05, 0) is 57.7 Å². The Bertz CT molecular complexity index is 620. The minimum Gasteiger partial charge on any atom is -0.497 e. The molecule has 0 aliphatic carbocycles. The van der Waals surface area contributed by atoms with Crippen molar-refractivity contribution >= 4 is 5.91 Å². The number of nitrogens with one attached hydrogen (secondary N) is 1. The molecule has 1 aromatic carbocycles. The van der Waals surface area contributed by atoms with E-state index < -0.39 is 0 Å². The van der Waals surface area contributed by atoms with Crippen molar-refractivity contribution in [1.29, 1.82) is 0 Å². The van der Waals surface area contributed by atoms with E-state index in [1.807, 2.05) is 38.4 Å². The number of carbonyl (C=O) groups is 1. The smallest absolute Gasteiger partial charge is 0.273 e. The molecule has 1 amide bonds. The molecule has 0 unspecified atom stereocenters. The summed E-state index contributed by atoms with van der Waals surface area (Å²) in [7, 11) is 5.69. The third-order valence-electron chi connectivity index (χ3n) is 3.43. The van der Waals surface area contributed by atoms with Crippen molar-refractivity contribution in [2.24, 2.45) is 0 Å². The normalized spacial score (nSPS) is 10.8. The van der Waals surface area contributed by atoms with Gasteiger partial charge >= 0.3 is 0 Å². The third kappa shape index (κ3) is 5.10. The number of benzene rings is 1. The highest BCUT2D eigenvalue weighted by Crippen LogP contribution is 2.23. The van der Waals surface area contributed by atoms with Gasteiger partial charge in [-0.3, -0.25) is 4.79 Å². The number of aromatic nitrogens is 1. The van der Waals surface area contributed by atoms with Crippen LogP contribution in [0.25, 0.3) is 11.3 Å². The van der Waals surface area contributed by atoms with E-state index in [4.69, 9.17) is 9.26 Å². The van der Waals surface area contributed by atoms with E-state index in [1.54, 1.807) is 13.2 Å². The Labute approximate surface area is 136 Å². The molecular weight excluding hydrogens is 294 g/mol. The molecule has 0 fully saturated rings. The van der Waals surface area contributed by atoms with Gasteiger partial charge in [-0.1, -0.05) is 5.16 Å². The number of ether oxygens (including phenoxy) is 1. The van der Waals surface area contributed by atoms with Crippen molar-refractivity contribution in [2.45, 2.75) is 12.8 Å². The average molecular weight is 317 g/mol. The van der Waals surface area contributed by atoms with Crippen LogP contribution in [-0.4, -0.2) is 50.3 Å². The predicted octanol–water partition coefficient (Wildman–Crippen LogP) is 2.42. The van der Waals surface area contributed by atoms with E-state index in [-0.39, 0.29) is 5.91 Å². The second-order valence-electron chi connectivity index (χ2n) is 5.57. The van der Waals surface area contributed by atoms with Crippen LogP contribution >= 0.6 is 0 Å². The van der Waals surface area contributed by atoms with Crippen LogP contribution in [0.3, 0.4) is 0 Å². The summed E-state index contributed by atoms with van der Waals surface area (Å²) in [6, 6.07) is 9.05. The molecule has 0 bridgehead atoms. The molecular formula is C17H23N3O3. The van der Waals surface area contributed by atoms with Crippen molar-refractivity contribution in [1.82, 2.24) is 15.4 Å². The molecule has 124 valence electrons. The Hall–Kier alpha value is -2.34. The first-order valence-corrected chi connectivity index (χ1v) is 7.64. The monoisotopic (exact) mass is 317 g/mol. The van der Waals surface area contributed by atoms with Crippen LogP contribution < -0.4 is 10.1 Å². The van der Waals surface area contributed by atoms with E-state index >= 15 is 0 Å². The number of hydrogen-bond acceptors (Lipinski definition) is 5. The van der Waals surface area contributed by atoms with E-state index in [9.17, 15) is 4.79 Å². The second kappa shape index (κ2) is 8.33. The number of rotatable bonds is 8. The standard InChI is InChI=1S/C17H23N3O3/c1-20(2)11-5-4-10-18-17(21)15-12-16(23-19-15)13-6-8-14(22-3)9-7-13/h6-9,12H,4-5,10-11H2,1-3H3,(H,18,21). The molecule has 1 N–H and O–H groups in total. The lowest BCUT2D eigenvalue weighted by Crippen LogP contribution is -2.25. The number of amides is 1. The lowest BCUT2D eigenvalue weighted by molar-refractivity contribution is 0.0944. The fourth-order valence-electron chi connectivity index (χ4n) is 2.12. The van der Waals surface area contributed by atoms with E-state index in [0.29, 0.717) is 18.0 Å². The number of hydrogen-bond donors (Lipinski definition) is 1. The SMILES string of the molecule is COc1ccc(-c2cc(C(=O)NCCCCN(C)C)no2)cc1. The molecule has 6 nitrogen and oxygen atoms in total. The third-order valence-corrected chi connectivity index (χ3v) is 3.43. The molecule has 0 radical (unpaired) electrons. The van der Waals surface area contributed by atoms with Crippen molar-refractivity contribution in [3.63, 3.8) is 0 Å². The lowest BCUT2D eigenvalue weighted by atomic mass is 10.1. The highest BCUT2D eigenvalue weighted by molar-refractivity contribution is 5.93. The second-order valence-corrected chi connectivity index (χ2v) is 5.57. The minimum absolute atomic E-state index is 0.210. The molecule has 0 aliphatic heterocycles. The summed E-state index contributed by atoms with van der Waals surface area (Å²) in [5.74, 6) is 1.12. The molecule has 6 heteroatoms. The summed E-state index contributed by atoms with van der Waals surface area (Å²) in [6.07, 6.45) is 1.98. The van der Waals surface area contributed by atoms with Crippen LogP contribution in [0.4, 0.5) is 0 Å². The average Bonchev–Trinajstić information content (AvgIpc) is 3.04. The number of nitrogens with zero attached hydrogens (tertiary/aromatic N) is 2. The zero-order valence-electron chi connectivity index (χ0n) is 13.8. The summed E-state index contributed by atoms with van der Waals surface area (Å²) in [6.45, 7) is 1.65. The van der Waals surface area contributed by atoms with Gasteiger partial charge in [0.1, 0.15) is 5.75 Å². The van der Waals surface area contributed by atoms with Crippen molar-refractivity contribution < 1.29 is 14.1 Å². The van der Waals surface area contributed by atoms with E-state index in [0.717, 1.165) is 30.7 Å². The first kappa shape index (κ1) is 17.0. The fraction of sp³-hybridized carbons (Fsp3) is 0.412. The van der Waals surface area contributed by atoms with Crippen LogP contribution in [0.2, 0.25) is 0 Å². The first-order valence-electron chi connectivity index (χ1n) is 7.64. The van der Waals surface area contributed by atoms with Crippen LogP contribution in [0.15, 0.2) is 34.9 Å². The van der Waals surface area contributed by atoms with Gasteiger partial charge in [-0.15, -0.1) is 0 Å². The predicted molar refractivity (Wildman–Crippen MR) is 88.6 cm³/mol.